The predicted molar refractivity (Wildman–Crippen MR) is 427 cm³/mol. The average molecular weight is 1640 g/mol. The fourth-order valence-corrected chi connectivity index (χ4v) is 12.1. The Morgan fingerprint density at radius 2 is 0.709 bits per heavy atom. The molecule has 0 saturated carbocycles. The molecule has 6 atom stereocenters. The number of aromatic hydroxyl groups is 2. The smallest absolute Gasteiger partial charge is 0.340 e. The molecule has 5 rings (SSSR count). The van der Waals surface area contributed by atoms with Crippen LogP contribution in [0.1, 0.15) is 162 Å². The second-order valence-electron chi connectivity index (χ2n) is 29.3. The standard InChI is InChI=1S/C72H111N29O16/c1-69(2,60(73)113)99-56(109)46(16-10-29-90-66(80)81)95-54(107)44(14-8-27-88-64(76)77)97-62(115)71(5,6)101-58(111)48(18-12-31-92-68(84)85)96-55(108)45(15-9-28-89-65(78)79)98-61(114)70(3,4)100-57(110)47(17-11-30-91-67(82)83)94-53(106)43(13-7-26-87-63(74)75)93-51(104)25-32-86-52(105)36-19-22-39-42(33-36)72(117-59(39)112)40-23-20-37(102)34-49(40)116-50-35-38(103)21-24-41(50)72/h19-24,33-35,43-48,102-103H,7-18,25-32H2,1-6H3,(H2,73,113)(H,86,105)(H,93,104)(H,94,106)(H,95,107)(H,96,108)(H,97,115)(H,98,114)(H,99,109)(H,100,110)(H,101,111)(H4,74,75,87)(H4,76,77,88)(H4,78,79,89)(H4,80,81,90)(H4,82,83,91)(H4,84,85,92)/t43-,44-,45-,46-,47-,48-/m1/s1. The number of hydrogen-bond donors (Lipinski definition) is 31. The number of primary amides is 1. The van der Waals surface area contributed by atoms with Gasteiger partial charge in [-0.2, -0.15) is 0 Å². The fraction of sp³-hybridized carbons (Fsp3) is 0.500. The van der Waals surface area contributed by atoms with Crippen molar-refractivity contribution in [2.75, 3.05) is 45.8 Å². The second-order valence-corrected chi connectivity index (χ2v) is 29.3. The molecule has 0 saturated heterocycles. The SMILES string of the molecule is CC(C)(NC(=O)[C@@H](CCCNC(=N)N)NC(=O)[C@@H](CCCNC(=N)N)NC(=O)C(C)(C)NC(=O)[C@@H](CCCNC(=N)N)NC(=O)[C@@H](CCCNC(=N)N)NC(=O)C(C)(C)NC(=O)[C@@H](CCCNC(=N)N)NC(=O)[C@@H](CCCNC(=N)N)NC(=O)CCNC(=O)c1ccc2c(c1)C1(OC2=O)c2ccc(O)cc2Oc2cc(O)ccc21)C(N)=O. The summed E-state index contributed by atoms with van der Waals surface area (Å²) in [5.41, 5.74) is 32.3. The van der Waals surface area contributed by atoms with Crippen molar-refractivity contribution in [3.05, 3.63) is 82.4 Å². The van der Waals surface area contributed by atoms with Gasteiger partial charge in [0.05, 0.1) is 5.56 Å². The van der Waals surface area contributed by atoms with E-state index in [4.69, 9.17) is 82.1 Å². The van der Waals surface area contributed by atoms with Crippen molar-refractivity contribution in [1.29, 1.82) is 32.5 Å². The third-order valence-electron chi connectivity index (χ3n) is 18.4. The molecule has 2 aliphatic heterocycles. The summed E-state index contributed by atoms with van der Waals surface area (Å²) in [6, 6.07) is 3.71. The van der Waals surface area contributed by atoms with Gasteiger partial charge in [0.2, 0.25) is 59.1 Å². The lowest BCUT2D eigenvalue weighted by molar-refractivity contribution is -0.138. The minimum Gasteiger partial charge on any atom is -0.508 e. The van der Waals surface area contributed by atoms with Crippen LogP contribution in [0.25, 0.3) is 0 Å². The van der Waals surface area contributed by atoms with Crippen molar-refractivity contribution < 1.29 is 77.2 Å². The number of nitrogens with two attached hydrogens (primary N) is 7. The first-order chi connectivity index (χ1) is 54.9. The number of esters is 1. The van der Waals surface area contributed by atoms with E-state index in [2.05, 4.69) is 85.1 Å². The van der Waals surface area contributed by atoms with Gasteiger partial charge in [-0.15, -0.1) is 0 Å². The van der Waals surface area contributed by atoms with Crippen LogP contribution in [-0.2, 0) is 58.3 Å². The Labute approximate surface area is 673 Å². The van der Waals surface area contributed by atoms with Gasteiger partial charge in [0, 0.05) is 86.6 Å². The lowest BCUT2D eigenvalue weighted by Crippen LogP contribution is -2.64. The van der Waals surface area contributed by atoms with E-state index < -0.39 is 166 Å². The summed E-state index contributed by atoms with van der Waals surface area (Å²) < 4.78 is 12.2. The highest BCUT2D eigenvalue weighted by molar-refractivity contribution is 6.03. The molecule has 3 aromatic rings. The highest BCUT2D eigenvalue weighted by Crippen LogP contribution is 2.57. The molecule has 45 nitrogen and oxygen atoms in total. The monoisotopic (exact) mass is 1640 g/mol. The second kappa shape index (κ2) is 43.0. The number of nitrogens with one attached hydrogen (secondary N) is 22. The third kappa shape index (κ3) is 28.7. The number of fused-ring (bicyclic) bond motifs is 6. The van der Waals surface area contributed by atoms with Crippen LogP contribution in [0.4, 0.5) is 0 Å². The van der Waals surface area contributed by atoms with Crippen LogP contribution in [0.2, 0.25) is 0 Å². The number of benzene rings is 3. The zero-order chi connectivity index (χ0) is 87.3. The van der Waals surface area contributed by atoms with Gasteiger partial charge in [-0.3, -0.25) is 85.2 Å². The van der Waals surface area contributed by atoms with Crippen LogP contribution in [0, 0.1) is 32.5 Å². The van der Waals surface area contributed by atoms with E-state index in [1.54, 1.807) is 0 Å². The van der Waals surface area contributed by atoms with E-state index in [1.165, 1.54) is 96.1 Å². The van der Waals surface area contributed by atoms with Crippen molar-refractivity contribution >= 4 is 107 Å². The minimum atomic E-state index is -1.97. The molecular weight excluding hydrogens is 1530 g/mol. The Kier molecular flexibility index (Phi) is 34.5. The van der Waals surface area contributed by atoms with E-state index >= 15 is 0 Å². The molecule has 45 heteroatoms. The first kappa shape index (κ1) is 93.9. The summed E-state index contributed by atoms with van der Waals surface area (Å²) in [7, 11) is 0. The van der Waals surface area contributed by atoms with Gasteiger partial charge in [0.15, 0.2) is 41.4 Å². The largest absolute Gasteiger partial charge is 0.508 e. The quantitative estimate of drug-likeness (QED) is 0.0109. The molecule has 0 fully saturated rings. The molecule has 2 aliphatic rings. The van der Waals surface area contributed by atoms with E-state index in [9.17, 15) is 67.7 Å². The average Bonchev–Trinajstić information content (AvgIpc) is 1.58. The number of carbonyl (C=O) groups excluding carboxylic acids is 12. The molecule has 2 heterocycles. The number of rotatable bonds is 46. The van der Waals surface area contributed by atoms with E-state index in [0.717, 1.165) is 0 Å². The van der Waals surface area contributed by atoms with Gasteiger partial charge in [-0.25, -0.2) is 4.79 Å². The third-order valence-corrected chi connectivity index (χ3v) is 18.4. The topological polar surface area (TPSA) is 781 Å². The maximum absolute atomic E-state index is 14.7. The van der Waals surface area contributed by atoms with Crippen LogP contribution in [0.3, 0.4) is 0 Å². The molecule has 0 aliphatic carbocycles. The molecule has 0 bridgehead atoms. The van der Waals surface area contributed by atoms with Crippen LogP contribution in [0.15, 0.2) is 54.6 Å². The Hall–Kier alpha value is -13.7. The van der Waals surface area contributed by atoms with Gasteiger partial charge in [-0.05, 0) is 161 Å². The van der Waals surface area contributed by atoms with Gasteiger partial charge in [-0.1, -0.05) is 0 Å². The van der Waals surface area contributed by atoms with Gasteiger partial charge in [0.25, 0.3) is 5.91 Å². The number of guanidine groups is 6. The van der Waals surface area contributed by atoms with Crippen molar-refractivity contribution in [2.24, 2.45) is 40.1 Å². The number of phenols is 2. The molecule has 640 valence electrons. The zero-order valence-electron chi connectivity index (χ0n) is 66.0. The molecule has 117 heavy (non-hydrogen) atoms. The van der Waals surface area contributed by atoms with Crippen LogP contribution < -0.4 is 130 Å². The van der Waals surface area contributed by atoms with Crippen LogP contribution in [-0.4, -0.2) is 216 Å². The number of amides is 11. The molecule has 38 N–H and O–H groups in total. The molecule has 11 amide bonds. The summed E-state index contributed by atoms with van der Waals surface area (Å²) >= 11 is 0. The van der Waals surface area contributed by atoms with Crippen LogP contribution in [0.5, 0.6) is 23.0 Å². The fourth-order valence-electron chi connectivity index (χ4n) is 12.1. The van der Waals surface area contributed by atoms with Crippen molar-refractivity contribution in [2.45, 2.75) is 183 Å². The first-order valence-electron chi connectivity index (χ1n) is 37.4. The highest BCUT2D eigenvalue weighted by atomic mass is 16.6. The van der Waals surface area contributed by atoms with Gasteiger partial charge >= 0.3 is 5.97 Å². The molecule has 3 aromatic carbocycles. The van der Waals surface area contributed by atoms with Crippen molar-refractivity contribution in [3.63, 3.8) is 0 Å². The van der Waals surface area contributed by atoms with E-state index in [1.807, 2.05) is 0 Å². The molecule has 0 aromatic heterocycles. The summed E-state index contributed by atoms with van der Waals surface area (Å²) in [6.45, 7) is 7.64. The van der Waals surface area contributed by atoms with Gasteiger partial charge in [0.1, 0.15) is 75.9 Å². The lowest BCUT2D eigenvalue weighted by atomic mass is 9.77. The van der Waals surface area contributed by atoms with Crippen LogP contribution >= 0.6 is 0 Å². The summed E-state index contributed by atoms with van der Waals surface area (Å²) in [5.74, 6) is -13.2. The first-order valence-corrected chi connectivity index (χ1v) is 37.4. The zero-order valence-corrected chi connectivity index (χ0v) is 66.0. The summed E-state index contributed by atoms with van der Waals surface area (Å²) in [5, 5.41) is 108. The maximum atomic E-state index is 14.7. The van der Waals surface area contributed by atoms with Gasteiger partial charge < -0.3 is 145 Å². The van der Waals surface area contributed by atoms with Crippen molar-refractivity contribution in [3.8, 4) is 23.0 Å². The Balaban J connectivity index is 1.35. The normalized spacial score (nSPS) is 13.8. The minimum absolute atomic E-state index is 0.00715. The predicted octanol–water partition coefficient (Wildman–Crippen LogP) is -5.56. The van der Waals surface area contributed by atoms with E-state index in [-0.39, 0.29) is 169 Å². The highest BCUT2D eigenvalue weighted by Gasteiger charge is 2.54. The summed E-state index contributed by atoms with van der Waals surface area (Å²) in [6.07, 6.45) is -0.893. The van der Waals surface area contributed by atoms with E-state index in [0.29, 0.717) is 11.1 Å². The Morgan fingerprint density at radius 1 is 0.393 bits per heavy atom. The number of hydrogen-bond acceptors (Lipinski definition) is 22. The molecule has 0 unspecified atom stereocenters. The number of carbonyl (C=O) groups is 12. The Morgan fingerprint density at radius 3 is 1.03 bits per heavy atom. The summed E-state index contributed by atoms with van der Waals surface area (Å²) in [4.78, 5) is 169. The number of ether oxygens (including phenoxy) is 2. The maximum Gasteiger partial charge on any atom is 0.340 e. The number of phenolic OH excluding ortho intramolecular Hbond substituents is 2. The lowest BCUT2D eigenvalue weighted by Gasteiger charge is -2.36. The molecule has 0 radical (unpaired) electrons. The molecular formula is C72H111N29O16. The van der Waals surface area contributed by atoms with Crippen molar-refractivity contribution in [1.82, 2.24) is 85.1 Å². The molecule has 1 spiro atoms. The Bertz CT molecular complexity index is 4180.